The van der Waals surface area contributed by atoms with E-state index in [1.54, 1.807) is 0 Å². The van der Waals surface area contributed by atoms with Crippen molar-refractivity contribution >= 4 is 17.6 Å². The minimum absolute atomic E-state index is 0.103. The Morgan fingerprint density at radius 2 is 1.61 bits per heavy atom. The molecule has 0 aliphatic heterocycles. The highest BCUT2D eigenvalue weighted by molar-refractivity contribution is 6.17. The highest BCUT2D eigenvalue weighted by Gasteiger charge is 2.14. The third-order valence-corrected chi connectivity index (χ3v) is 3.17. The summed E-state index contributed by atoms with van der Waals surface area (Å²) in [7, 11) is 0. The van der Waals surface area contributed by atoms with Crippen molar-refractivity contribution in [1.82, 2.24) is 0 Å². The molecule has 0 saturated carbocycles. The van der Waals surface area contributed by atoms with Crippen LogP contribution in [-0.4, -0.2) is 12.0 Å². The molecule has 0 rings (SSSR count). The first-order valence-electron chi connectivity index (χ1n) is 7.11. The molecule has 0 aromatic carbocycles. The van der Waals surface area contributed by atoms with Gasteiger partial charge in [-0.1, -0.05) is 76.8 Å². The van der Waals surface area contributed by atoms with Crippen molar-refractivity contribution < 1.29 is 14.6 Å². The van der Waals surface area contributed by atoms with Crippen LogP contribution >= 0.6 is 11.6 Å². The van der Waals surface area contributed by atoms with E-state index in [1.165, 1.54) is 44.9 Å². The van der Waals surface area contributed by atoms with E-state index in [1.807, 2.05) is 6.92 Å². The third kappa shape index (κ3) is 10.8. The number of hydrogen-bond acceptors (Lipinski definition) is 3. The van der Waals surface area contributed by atoms with Gasteiger partial charge in [0.2, 0.25) is 0 Å². The maximum Gasteiger partial charge on any atom is 0.345 e. The molecule has 108 valence electrons. The smallest absolute Gasteiger partial charge is 0.297 e. The van der Waals surface area contributed by atoms with E-state index < -0.39 is 0 Å². The van der Waals surface area contributed by atoms with Crippen molar-refractivity contribution in [1.29, 1.82) is 0 Å². The van der Waals surface area contributed by atoms with Crippen LogP contribution in [0.25, 0.3) is 0 Å². The molecule has 0 aliphatic carbocycles. The molecule has 0 saturated heterocycles. The average Bonchev–Trinajstić information content (AvgIpc) is 2.38. The quantitative estimate of drug-likeness (QED) is 0.222. The largest absolute Gasteiger partial charge is 0.345 e. The zero-order chi connectivity index (χ0) is 13.6. The van der Waals surface area contributed by atoms with E-state index in [4.69, 9.17) is 11.6 Å². The van der Waals surface area contributed by atoms with Gasteiger partial charge in [0.15, 0.2) is 6.07 Å². The van der Waals surface area contributed by atoms with Gasteiger partial charge in [0.25, 0.3) is 0 Å². The lowest BCUT2D eigenvalue weighted by Crippen LogP contribution is -2.14. The van der Waals surface area contributed by atoms with E-state index in [0.29, 0.717) is 0 Å². The standard InChI is InChI=1S/C14H27ClO3/c1-3-4-5-6-7-8-9-10-11-13(2)14(16)18-17-12-15/h13H,3-12H2,1-2H3. The van der Waals surface area contributed by atoms with Gasteiger partial charge in [0.1, 0.15) is 0 Å². The van der Waals surface area contributed by atoms with Crippen LogP contribution in [0.2, 0.25) is 0 Å². The zero-order valence-electron chi connectivity index (χ0n) is 11.8. The van der Waals surface area contributed by atoms with Gasteiger partial charge in [0, 0.05) is 0 Å². The van der Waals surface area contributed by atoms with Crippen molar-refractivity contribution in [3.05, 3.63) is 0 Å². The molecular weight excluding hydrogens is 252 g/mol. The Morgan fingerprint density at radius 1 is 1.06 bits per heavy atom. The first-order valence-corrected chi connectivity index (χ1v) is 7.65. The monoisotopic (exact) mass is 278 g/mol. The van der Waals surface area contributed by atoms with Crippen LogP contribution in [0.5, 0.6) is 0 Å². The molecule has 0 aliphatic rings. The Bertz CT molecular complexity index is 197. The number of alkyl halides is 1. The second kappa shape index (κ2) is 13.2. The van der Waals surface area contributed by atoms with Gasteiger partial charge in [-0.2, -0.15) is 4.89 Å². The van der Waals surface area contributed by atoms with Crippen LogP contribution in [0.4, 0.5) is 0 Å². The summed E-state index contributed by atoms with van der Waals surface area (Å²) in [5.41, 5.74) is 0. The molecule has 18 heavy (non-hydrogen) atoms. The summed E-state index contributed by atoms with van der Waals surface area (Å²) in [5.74, 6) is -0.424. The van der Waals surface area contributed by atoms with E-state index in [9.17, 15) is 4.79 Å². The molecule has 1 unspecified atom stereocenters. The topological polar surface area (TPSA) is 35.5 Å². The van der Waals surface area contributed by atoms with Gasteiger partial charge < -0.3 is 0 Å². The summed E-state index contributed by atoms with van der Waals surface area (Å²) in [6.45, 7) is 4.09. The van der Waals surface area contributed by atoms with Gasteiger partial charge in [-0.15, -0.1) is 0 Å². The number of unbranched alkanes of at least 4 members (excludes halogenated alkanes) is 7. The van der Waals surface area contributed by atoms with Crippen LogP contribution in [0.1, 0.15) is 71.6 Å². The summed E-state index contributed by atoms with van der Waals surface area (Å²) >= 11 is 5.25. The van der Waals surface area contributed by atoms with E-state index in [0.717, 1.165) is 12.8 Å². The molecule has 0 bridgehead atoms. The summed E-state index contributed by atoms with van der Waals surface area (Å²) in [4.78, 5) is 20.3. The van der Waals surface area contributed by atoms with Gasteiger partial charge in [-0.05, 0) is 6.42 Å². The maximum absolute atomic E-state index is 11.3. The Morgan fingerprint density at radius 3 is 2.17 bits per heavy atom. The number of carbonyl (C=O) groups is 1. The number of rotatable bonds is 12. The summed E-state index contributed by atoms with van der Waals surface area (Å²) < 4.78 is 0. The Hall–Kier alpha value is -0.280. The maximum atomic E-state index is 11.3. The molecule has 0 aromatic rings. The van der Waals surface area contributed by atoms with Crippen LogP contribution in [0.3, 0.4) is 0 Å². The first-order chi connectivity index (χ1) is 8.72. The summed E-state index contributed by atoms with van der Waals surface area (Å²) in [6, 6.07) is -0.115. The predicted molar refractivity (Wildman–Crippen MR) is 74.3 cm³/mol. The van der Waals surface area contributed by atoms with Crippen molar-refractivity contribution in [3.63, 3.8) is 0 Å². The SMILES string of the molecule is CCCCCCCCCCC(C)C(=O)OOCCl. The fourth-order valence-corrected chi connectivity index (χ4v) is 1.91. The molecule has 0 spiro atoms. The Kier molecular flexibility index (Phi) is 13.0. The van der Waals surface area contributed by atoms with Crippen molar-refractivity contribution in [2.24, 2.45) is 5.92 Å². The summed E-state index contributed by atoms with van der Waals surface area (Å²) in [5, 5.41) is 0. The van der Waals surface area contributed by atoms with Gasteiger partial charge in [-0.25, -0.2) is 4.79 Å². The van der Waals surface area contributed by atoms with E-state index in [2.05, 4.69) is 16.7 Å². The molecule has 0 amide bonds. The second-order valence-corrected chi connectivity index (χ2v) is 5.01. The fraction of sp³-hybridized carbons (Fsp3) is 0.929. The van der Waals surface area contributed by atoms with Crippen LogP contribution < -0.4 is 0 Å². The van der Waals surface area contributed by atoms with Crippen molar-refractivity contribution in [3.8, 4) is 0 Å². The van der Waals surface area contributed by atoms with E-state index in [-0.39, 0.29) is 18.0 Å². The fourth-order valence-electron chi connectivity index (χ4n) is 1.86. The average molecular weight is 279 g/mol. The van der Waals surface area contributed by atoms with Gasteiger partial charge in [-0.3, -0.25) is 4.89 Å². The van der Waals surface area contributed by atoms with Gasteiger partial charge in [0.05, 0.1) is 5.92 Å². The Labute approximate surface area is 116 Å². The molecule has 0 radical (unpaired) electrons. The first kappa shape index (κ1) is 17.7. The minimum Gasteiger partial charge on any atom is -0.297 e. The normalized spacial score (nSPS) is 12.4. The van der Waals surface area contributed by atoms with Crippen LogP contribution in [0, 0.1) is 5.92 Å². The summed E-state index contributed by atoms with van der Waals surface area (Å²) in [6.07, 6.45) is 11.1. The Balaban J connectivity index is 3.29. The lowest BCUT2D eigenvalue weighted by Gasteiger charge is -2.08. The van der Waals surface area contributed by atoms with Crippen molar-refractivity contribution in [2.45, 2.75) is 71.6 Å². The highest BCUT2D eigenvalue weighted by atomic mass is 35.5. The zero-order valence-corrected chi connectivity index (χ0v) is 12.5. The lowest BCUT2D eigenvalue weighted by atomic mass is 10.0. The molecule has 0 aromatic heterocycles. The molecule has 3 nitrogen and oxygen atoms in total. The highest BCUT2D eigenvalue weighted by Crippen LogP contribution is 2.14. The third-order valence-electron chi connectivity index (χ3n) is 3.08. The number of hydrogen-bond donors (Lipinski definition) is 0. The van der Waals surface area contributed by atoms with Crippen LogP contribution in [-0.2, 0) is 14.6 Å². The van der Waals surface area contributed by atoms with Gasteiger partial charge >= 0.3 is 5.97 Å². The minimum atomic E-state index is -0.321. The molecule has 0 heterocycles. The van der Waals surface area contributed by atoms with E-state index >= 15 is 0 Å². The number of carbonyl (C=O) groups excluding carboxylic acids is 1. The predicted octanol–water partition coefficient (Wildman–Crippen LogP) is 4.82. The second-order valence-electron chi connectivity index (χ2n) is 4.79. The van der Waals surface area contributed by atoms with Crippen LogP contribution in [0.15, 0.2) is 0 Å². The molecule has 4 heteroatoms. The number of halogens is 1. The lowest BCUT2D eigenvalue weighted by molar-refractivity contribution is -0.264. The molecule has 0 N–H and O–H groups in total. The molecule has 1 atom stereocenters. The molecular formula is C14H27ClO3. The van der Waals surface area contributed by atoms with Crippen molar-refractivity contribution in [2.75, 3.05) is 6.07 Å². The molecule has 0 fully saturated rings.